The first-order chi connectivity index (χ1) is 13.1. The van der Waals surface area contributed by atoms with Gasteiger partial charge in [0.15, 0.2) is 0 Å². The van der Waals surface area contributed by atoms with Crippen LogP contribution in [0.5, 0.6) is 0 Å². The molecule has 0 aliphatic heterocycles. The van der Waals surface area contributed by atoms with Gasteiger partial charge in [0.1, 0.15) is 0 Å². The predicted octanol–water partition coefficient (Wildman–Crippen LogP) is 7.68. The molecule has 3 nitrogen and oxygen atoms in total. The normalized spacial score (nSPS) is 13.8. The number of allylic oxidation sites excluding steroid dienone is 6. The van der Waals surface area contributed by atoms with Crippen molar-refractivity contribution < 1.29 is 34.3 Å². The summed E-state index contributed by atoms with van der Waals surface area (Å²) >= 11 is 0. The van der Waals surface area contributed by atoms with Crippen LogP contribution in [-0.2, 0) is 34.3 Å². The molecule has 0 N–H and O–H groups in total. The van der Waals surface area contributed by atoms with Gasteiger partial charge in [-0.05, 0) is 27.0 Å². The van der Waals surface area contributed by atoms with Gasteiger partial charge in [-0.25, -0.2) is 10.4 Å². The van der Waals surface area contributed by atoms with Gasteiger partial charge in [0, 0.05) is 35.4 Å². The van der Waals surface area contributed by atoms with Gasteiger partial charge in [0.25, 0.3) is 0 Å². The second-order valence-corrected chi connectivity index (χ2v) is 21.4. The van der Waals surface area contributed by atoms with E-state index >= 15 is 0 Å². The van der Waals surface area contributed by atoms with Crippen LogP contribution in [0.2, 0.25) is 44.3 Å². The first-order valence-corrected chi connectivity index (χ1v) is 18.7. The summed E-state index contributed by atoms with van der Waals surface area (Å²) in [4.78, 5) is 0. The maximum absolute atomic E-state index is 5.56. The van der Waals surface area contributed by atoms with Gasteiger partial charge in [-0.3, -0.25) is 6.08 Å². The third kappa shape index (κ3) is 10.2. The molecule has 0 atom stereocenters. The Bertz CT molecular complexity index is 601. The van der Waals surface area contributed by atoms with E-state index in [1.54, 1.807) is 37.3 Å². The Balaban J connectivity index is -0.000000980. The predicted molar refractivity (Wildman–Crippen MR) is 148 cm³/mol. The maximum atomic E-state index is 5.56. The van der Waals surface area contributed by atoms with E-state index in [0.717, 1.165) is 43.8 Å². The van der Waals surface area contributed by atoms with Crippen molar-refractivity contribution in [2.45, 2.75) is 70.0 Å². The Morgan fingerprint density at radius 1 is 0.844 bits per heavy atom. The SMILES string of the molecule is C=CC[Si](C)(C)C1=[C-]CC(CCCC[Si](OC)(OC)OC)=C1[Si](C)(C)CC=C.[CH3-].[CH3-].[CH3-].[Pt+4]. The van der Waals surface area contributed by atoms with Gasteiger partial charge < -0.3 is 35.6 Å². The quantitative estimate of drug-likeness (QED) is 0.0818. The topological polar surface area (TPSA) is 27.7 Å². The molecular formula is C25H50O3PtSi3. The van der Waals surface area contributed by atoms with Gasteiger partial charge in [-0.15, -0.1) is 19.6 Å². The zero-order valence-electron chi connectivity index (χ0n) is 22.6. The second kappa shape index (κ2) is 17.6. The van der Waals surface area contributed by atoms with Crippen LogP contribution in [0.25, 0.3) is 0 Å². The van der Waals surface area contributed by atoms with Crippen LogP contribution < -0.4 is 0 Å². The van der Waals surface area contributed by atoms with E-state index < -0.39 is 25.0 Å². The van der Waals surface area contributed by atoms with E-state index in [1.165, 1.54) is 0 Å². The molecule has 32 heavy (non-hydrogen) atoms. The summed E-state index contributed by atoms with van der Waals surface area (Å²) in [5.41, 5.74) is 1.62. The molecule has 0 aromatic carbocycles. The minimum absolute atomic E-state index is 0. The second-order valence-electron chi connectivity index (χ2n) is 8.96. The van der Waals surface area contributed by atoms with Crippen molar-refractivity contribution in [2.75, 3.05) is 21.3 Å². The van der Waals surface area contributed by atoms with Gasteiger partial charge in [0.05, 0.1) is 0 Å². The Labute approximate surface area is 219 Å². The zero-order valence-corrected chi connectivity index (χ0v) is 27.8. The van der Waals surface area contributed by atoms with Gasteiger partial charge in [-0.1, -0.05) is 50.8 Å². The number of hydrogen-bond donors (Lipinski definition) is 0. The van der Waals surface area contributed by atoms with Crippen LogP contribution in [0.15, 0.2) is 41.3 Å². The van der Waals surface area contributed by atoms with Crippen LogP contribution in [0, 0.1) is 28.4 Å². The van der Waals surface area contributed by atoms with Crippen molar-refractivity contribution in [1.82, 2.24) is 0 Å². The standard InChI is InChI=1S/C22H41O3Si3.3CH3.Pt/c1-10-17-26(6,7)21-16-15-20(22(21)27(8,9)18-11-2)14-12-13-19-28(23-3,24-4)25-5;;;;/h10-11H,1-2,12-15,17-19H2,3-9H3;3*1H3;/q4*-1;+4. The molecule has 0 saturated heterocycles. The third-order valence-corrected chi connectivity index (χ3v) is 15.3. The monoisotopic (exact) mass is 677 g/mol. The maximum Gasteiger partial charge on any atom is 4.00 e. The molecule has 1 aliphatic carbocycles. The number of unbranched alkanes of at least 4 members (excludes halogenated alkanes) is 1. The Hall–Kier alpha value is 0.179. The summed E-state index contributed by atoms with van der Waals surface area (Å²) < 4.78 is 16.7. The molecule has 1 rings (SSSR count). The van der Waals surface area contributed by atoms with Crippen LogP contribution >= 0.6 is 0 Å². The van der Waals surface area contributed by atoms with Gasteiger partial charge >= 0.3 is 29.9 Å². The summed E-state index contributed by atoms with van der Waals surface area (Å²) in [5.74, 6) is 0. The Morgan fingerprint density at radius 2 is 1.31 bits per heavy atom. The van der Waals surface area contributed by atoms with Gasteiger partial charge in [-0.2, -0.15) is 5.57 Å². The van der Waals surface area contributed by atoms with Crippen molar-refractivity contribution in [2.24, 2.45) is 0 Å². The summed E-state index contributed by atoms with van der Waals surface area (Å²) in [5, 5.41) is 3.27. The average molecular weight is 678 g/mol. The van der Waals surface area contributed by atoms with E-state index in [-0.39, 0.29) is 43.3 Å². The fraction of sp³-hybridized carbons (Fsp3) is 0.560. The molecule has 0 spiro atoms. The van der Waals surface area contributed by atoms with E-state index in [9.17, 15) is 0 Å². The van der Waals surface area contributed by atoms with Crippen LogP contribution in [0.3, 0.4) is 0 Å². The molecule has 0 amide bonds. The fourth-order valence-corrected chi connectivity index (χ4v) is 13.4. The summed E-state index contributed by atoms with van der Waals surface area (Å²) in [7, 11) is -0.471. The van der Waals surface area contributed by atoms with E-state index in [1.807, 2.05) is 0 Å². The van der Waals surface area contributed by atoms with E-state index in [0.29, 0.717) is 0 Å². The molecule has 7 heteroatoms. The summed E-state index contributed by atoms with van der Waals surface area (Å²) in [6.07, 6.45) is 12.4. The van der Waals surface area contributed by atoms with Crippen molar-refractivity contribution in [1.29, 1.82) is 0 Å². The Morgan fingerprint density at radius 3 is 1.75 bits per heavy atom. The largest absolute Gasteiger partial charge is 4.00 e. The Kier molecular flexibility index (Phi) is 21.7. The molecule has 0 aromatic rings. The summed E-state index contributed by atoms with van der Waals surface area (Å²) in [6.45, 7) is 18.0. The van der Waals surface area contributed by atoms with Crippen LogP contribution in [0.1, 0.15) is 25.7 Å². The average Bonchev–Trinajstić information content (AvgIpc) is 3.08. The zero-order chi connectivity index (χ0) is 21.4. The molecule has 0 saturated carbocycles. The van der Waals surface area contributed by atoms with E-state index in [4.69, 9.17) is 13.3 Å². The molecule has 0 aromatic heterocycles. The minimum Gasteiger partial charge on any atom is -0.377 e. The van der Waals surface area contributed by atoms with E-state index in [2.05, 4.69) is 57.6 Å². The van der Waals surface area contributed by atoms with Crippen molar-refractivity contribution in [3.8, 4) is 0 Å². The third-order valence-electron chi connectivity index (χ3n) is 5.89. The van der Waals surface area contributed by atoms with Crippen molar-refractivity contribution >= 4 is 25.0 Å². The number of hydrogen-bond acceptors (Lipinski definition) is 3. The van der Waals surface area contributed by atoms with Crippen molar-refractivity contribution in [3.05, 3.63) is 69.6 Å². The van der Waals surface area contributed by atoms with Crippen molar-refractivity contribution in [3.63, 3.8) is 0 Å². The molecule has 0 heterocycles. The summed E-state index contributed by atoms with van der Waals surface area (Å²) in [6, 6.07) is 3.12. The first kappa shape index (κ1) is 39.4. The molecule has 1 aliphatic rings. The minimum atomic E-state index is -2.46. The molecular weight excluding hydrogens is 628 g/mol. The molecule has 0 unspecified atom stereocenters. The number of rotatable bonds is 14. The molecule has 190 valence electrons. The van der Waals surface area contributed by atoms with Gasteiger partial charge in [0.2, 0.25) is 0 Å². The smallest absolute Gasteiger partial charge is 0.377 e. The van der Waals surface area contributed by atoms with Crippen LogP contribution in [-0.4, -0.2) is 46.3 Å². The molecule has 0 bridgehead atoms. The molecule has 0 fully saturated rings. The molecule has 0 radical (unpaired) electrons. The van der Waals surface area contributed by atoms with Crippen LogP contribution in [0.4, 0.5) is 0 Å². The first-order valence-electron chi connectivity index (χ1n) is 10.3. The fourth-order valence-electron chi connectivity index (χ4n) is 4.32.